The van der Waals surface area contributed by atoms with Crippen LogP contribution in [-0.4, -0.2) is 14.9 Å². The maximum Gasteiger partial charge on any atom is 0.0909 e. The van der Waals surface area contributed by atoms with Gasteiger partial charge in [-0.1, -0.05) is 18.2 Å². The highest BCUT2D eigenvalue weighted by Crippen LogP contribution is 2.26. The SMILES string of the molecule is CCn1cc(CC(C)(O)c2ccc(C)c(C)c2)cn1. The van der Waals surface area contributed by atoms with Crippen LogP contribution in [0.5, 0.6) is 0 Å². The number of benzene rings is 1. The molecule has 2 aromatic rings. The van der Waals surface area contributed by atoms with E-state index in [1.54, 1.807) is 0 Å². The standard InChI is InChI=1S/C16H22N2O/c1-5-18-11-14(10-17-18)9-16(4,19)15-7-6-12(2)13(3)8-15/h6-8,10-11,19H,5,9H2,1-4H3. The summed E-state index contributed by atoms with van der Waals surface area (Å²) in [5.41, 5.74) is 3.62. The van der Waals surface area contributed by atoms with Crippen LogP contribution in [0.3, 0.4) is 0 Å². The van der Waals surface area contributed by atoms with Gasteiger partial charge in [-0.25, -0.2) is 0 Å². The Morgan fingerprint density at radius 1 is 1.26 bits per heavy atom. The van der Waals surface area contributed by atoms with Crippen molar-refractivity contribution in [3.05, 3.63) is 52.8 Å². The molecule has 1 N–H and O–H groups in total. The molecule has 19 heavy (non-hydrogen) atoms. The fourth-order valence-electron chi connectivity index (χ4n) is 2.25. The zero-order chi connectivity index (χ0) is 14.0. The quantitative estimate of drug-likeness (QED) is 0.915. The summed E-state index contributed by atoms with van der Waals surface area (Å²) in [5, 5.41) is 14.9. The third-order valence-electron chi connectivity index (χ3n) is 3.69. The number of nitrogens with zero attached hydrogens (tertiary/aromatic N) is 2. The van der Waals surface area contributed by atoms with Crippen LogP contribution in [0, 0.1) is 13.8 Å². The number of hydrogen-bond acceptors (Lipinski definition) is 2. The summed E-state index contributed by atoms with van der Waals surface area (Å²) in [4.78, 5) is 0. The first-order valence-corrected chi connectivity index (χ1v) is 6.74. The molecule has 0 fully saturated rings. The predicted octanol–water partition coefficient (Wildman–Crippen LogP) is 2.97. The van der Waals surface area contributed by atoms with Crippen molar-refractivity contribution < 1.29 is 5.11 Å². The van der Waals surface area contributed by atoms with Crippen LogP contribution in [0.4, 0.5) is 0 Å². The Kier molecular flexibility index (Phi) is 3.76. The Labute approximate surface area is 114 Å². The van der Waals surface area contributed by atoms with E-state index in [4.69, 9.17) is 0 Å². The Hall–Kier alpha value is -1.61. The van der Waals surface area contributed by atoms with E-state index < -0.39 is 5.60 Å². The minimum atomic E-state index is -0.861. The van der Waals surface area contributed by atoms with Crippen molar-refractivity contribution in [2.75, 3.05) is 0 Å². The van der Waals surface area contributed by atoms with Crippen molar-refractivity contribution in [3.63, 3.8) is 0 Å². The smallest absolute Gasteiger partial charge is 0.0909 e. The fourth-order valence-corrected chi connectivity index (χ4v) is 2.25. The monoisotopic (exact) mass is 258 g/mol. The third kappa shape index (κ3) is 3.04. The molecule has 0 spiro atoms. The Bertz CT molecular complexity index is 570. The average molecular weight is 258 g/mol. The molecule has 1 aromatic carbocycles. The molecular formula is C16H22N2O. The van der Waals surface area contributed by atoms with Crippen LogP contribution >= 0.6 is 0 Å². The molecule has 1 aromatic heterocycles. The zero-order valence-electron chi connectivity index (χ0n) is 12.1. The Balaban J connectivity index is 2.23. The van der Waals surface area contributed by atoms with Gasteiger partial charge in [0.25, 0.3) is 0 Å². The van der Waals surface area contributed by atoms with E-state index in [1.807, 2.05) is 30.1 Å². The lowest BCUT2D eigenvalue weighted by Crippen LogP contribution is -2.24. The molecule has 0 saturated heterocycles. The van der Waals surface area contributed by atoms with Gasteiger partial charge in [0.05, 0.1) is 11.8 Å². The zero-order valence-corrected chi connectivity index (χ0v) is 12.1. The minimum Gasteiger partial charge on any atom is -0.385 e. The lowest BCUT2D eigenvalue weighted by atomic mass is 9.88. The summed E-state index contributed by atoms with van der Waals surface area (Å²) in [5.74, 6) is 0. The molecule has 1 heterocycles. The topological polar surface area (TPSA) is 38.0 Å². The van der Waals surface area contributed by atoms with Gasteiger partial charge >= 0.3 is 0 Å². The van der Waals surface area contributed by atoms with Crippen molar-refractivity contribution in [2.24, 2.45) is 0 Å². The molecule has 0 aliphatic carbocycles. The number of aryl methyl sites for hydroxylation is 3. The third-order valence-corrected chi connectivity index (χ3v) is 3.69. The summed E-state index contributed by atoms with van der Waals surface area (Å²) in [6, 6.07) is 6.14. The molecule has 2 rings (SSSR count). The van der Waals surface area contributed by atoms with Crippen LogP contribution in [0.25, 0.3) is 0 Å². The highest BCUT2D eigenvalue weighted by molar-refractivity contribution is 5.33. The van der Waals surface area contributed by atoms with Crippen molar-refractivity contribution >= 4 is 0 Å². The lowest BCUT2D eigenvalue weighted by molar-refractivity contribution is 0.0575. The van der Waals surface area contributed by atoms with Crippen LogP contribution in [0.15, 0.2) is 30.6 Å². The van der Waals surface area contributed by atoms with Gasteiger partial charge < -0.3 is 5.11 Å². The maximum absolute atomic E-state index is 10.7. The number of hydrogen-bond donors (Lipinski definition) is 1. The predicted molar refractivity (Wildman–Crippen MR) is 77.1 cm³/mol. The van der Waals surface area contributed by atoms with Gasteiger partial charge in [0.15, 0.2) is 0 Å². The van der Waals surface area contributed by atoms with E-state index in [0.717, 1.165) is 17.7 Å². The molecule has 0 aliphatic heterocycles. The Morgan fingerprint density at radius 3 is 2.58 bits per heavy atom. The van der Waals surface area contributed by atoms with E-state index >= 15 is 0 Å². The molecule has 102 valence electrons. The van der Waals surface area contributed by atoms with Gasteiger partial charge in [0.1, 0.15) is 0 Å². The van der Waals surface area contributed by atoms with Crippen molar-refractivity contribution in [1.82, 2.24) is 9.78 Å². The van der Waals surface area contributed by atoms with E-state index in [9.17, 15) is 5.11 Å². The summed E-state index contributed by atoms with van der Waals surface area (Å²) in [7, 11) is 0. The number of aromatic nitrogens is 2. The first-order valence-electron chi connectivity index (χ1n) is 6.74. The number of aliphatic hydroxyl groups is 1. The molecular weight excluding hydrogens is 236 g/mol. The van der Waals surface area contributed by atoms with Gasteiger partial charge in [-0.2, -0.15) is 5.10 Å². The van der Waals surface area contributed by atoms with Crippen molar-refractivity contribution in [2.45, 2.75) is 46.3 Å². The van der Waals surface area contributed by atoms with E-state index in [2.05, 4.69) is 38.0 Å². The van der Waals surface area contributed by atoms with Crippen LogP contribution in [0.2, 0.25) is 0 Å². The molecule has 0 amide bonds. The summed E-state index contributed by atoms with van der Waals surface area (Å²) < 4.78 is 1.88. The molecule has 3 nitrogen and oxygen atoms in total. The molecule has 1 unspecified atom stereocenters. The van der Waals surface area contributed by atoms with Crippen LogP contribution in [0.1, 0.15) is 36.1 Å². The minimum absolute atomic E-state index is 0.579. The van der Waals surface area contributed by atoms with E-state index in [-0.39, 0.29) is 0 Å². The maximum atomic E-state index is 10.7. The van der Waals surface area contributed by atoms with Gasteiger partial charge in [0.2, 0.25) is 0 Å². The van der Waals surface area contributed by atoms with Crippen LogP contribution in [-0.2, 0) is 18.6 Å². The molecule has 1 atom stereocenters. The van der Waals surface area contributed by atoms with Crippen LogP contribution < -0.4 is 0 Å². The van der Waals surface area contributed by atoms with E-state index in [1.165, 1.54) is 11.1 Å². The first kappa shape index (κ1) is 13.8. The molecule has 0 saturated carbocycles. The summed E-state index contributed by atoms with van der Waals surface area (Å²) in [6.45, 7) is 8.92. The van der Waals surface area contributed by atoms with Crippen molar-refractivity contribution in [1.29, 1.82) is 0 Å². The summed E-state index contributed by atoms with van der Waals surface area (Å²) in [6.07, 6.45) is 4.41. The first-order chi connectivity index (χ1) is 8.92. The molecule has 0 bridgehead atoms. The average Bonchev–Trinajstić information content (AvgIpc) is 2.79. The molecule has 0 aliphatic rings. The number of rotatable bonds is 4. The largest absolute Gasteiger partial charge is 0.385 e. The van der Waals surface area contributed by atoms with E-state index in [0.29, 0.717) is 6.42 Å². The Morgan fingerprint density at radius 2 is 2.00 bits per heavy atom. The van der Waals surface area contributed by atoms with Gasteiger partial charge in [-0.3, -0.25) is 4.68 Å². The summed E-state index contributed by atoms with van der Waals surface area (Å²) >= 11 is 0. The molecule has 0 radical (unpaired) electrons. The fraction of sp³-hybridized carbons (Fsp3) is 0.438. The second-order valence-corrected chi connectivity index (χ2v) is 5.45. The van der Waals surface area contributed by atoms with Crippen molar-refractivity contribution in [3.8, 4) is 0 Å². The second-order valence-electron chi connectivity index (χ2n) is 5.45. The van der Waals surface area contributed by atoms with Gasteiger partial charge in [-0.15, -0.1) is 0 Å². The highest BCUT2D eigenvalue weighted by atomic mass is 16.3. The lowest BCUT2D eigenvalue weighted by Gasteiger charge is -2.24. The highest BCUT2D eigenvalue weighted by Gasteiger charge is 2.24. The normalized spacial score (nSPS) is 14.4. The second kappa shape index (κ2) is 5.17. The molecule has 3 heteroatoms. The van der Waals surface area contributed by atoms with Gasteiger partial charge in [-0.05, 0) is 49.9 Å². The van der Waals surface area contributed by atoms with Gasteiger partial charge in [0, 0.05) is 19.2 Å².